The maximum Gasteiger partial charge on any atom is 0.315 e. The van der Waals surface area contributed by atoms with Crippen LogP contribution in [-0.2, 0) is 11.3 Å². The third-order valence-corrected chi connectivity index (χ3v) is 3.34. The van der Waals surface area contributed by atoms with Crippen molar-refractivity contribution in [1.29, 1.82) is 0 Å². The van der Waals surface area contributed by atoms with Crippen LogP contribution in [0.2, 0.25) is 0 Å². The lowest BCUT2D eigenvalue weighted by Gasteiger charge is -2.09. The second kappa shape index (κ2) is 9.07. The van der Waals surface area contributed by atoms with Gasteiger partial charge in [-0.1, -0.05) is 36.4 Å². The predicted molar refractivity (Wildman–Crippen MR) is 95.1 cm³/mol. The molecule has 7 heteroatoms. The molecule has 2 aromatic rings. The molecule has 4 N–H and O–H groups in total. The van der Waals surface area contributed by atoms with E-state index >= 15 is 0 Å². The summed E-state index contributed by atoms with van der Waals surface area (Å²) in [6, 6.07) is 15.6. The molecule has 0 aliphatic heterocycles. The van der Waals surface area contributed by atoms with Crippen LogP contribution in [0.4, 0.5) is 10.5 Å². The van der Waals surface area contributed by atoms with Gasteiger partial charge in [-0.2, -0.15) is 0 Å². The predicted octanol–water partition coefficient (Wildman–Crippen LogP) is 1.48. The number of amides is 4. The largest absolute Gasteiger partial charge is 0.355 e. The van der Waals surface area contributed by atoms with Crippen LogP contribution < -0.4 is 21.3 Å². The fourth-order valence-corrected chi connectivity index (χ4v) is 2.09. The minimum absolute atomic E-state index is 0.176. The molecule has 130 valence electrons. The van der Waals surface area contributed by atoms with Gasteiger partial charge in [0.2, 0.25) is 5.91 Å². The number of benzene rings is 2. The molecule has 4 amide bonds. The summed E-state index contributed by atoms with van der Waals surface area (Å²) in [5.41, 5.74) is 1.89. The molecule has 0 radical (unpaired) electrons. The molecule has 2 aromatic carbocycles. The van der Waals surface area contributed by atoms with Gasteiger partial charge in [0.15, 0.2) is 0 Å². The summed E-state index contributed by atoms with van der Waals surface area (Å²) in [6.45, 7) is 0.202. The Morgan fingerprint density at radius 3 is 2.40 bits per heavy atom. The van der Waals surface area contributed by atoms with Crippen LogP contribution in [0.3, 0.4) is 0 Å². The Hall–Kier alpha value is -3.35. The summed E-state index contributed by atoms with van der Waals surface area (Å²) < 4.78 is 0. The zero-order valence-electron chi connectivity index (χ0n) is 13.8. The van der Waals surface area contributed by atoms with Crippen LogP contribution in [0.5, 0.6) is 0 Å². The SMILES string of the molecule is CNC(=O)c1cccc(NC(=O)CNC(=O)NCc2ccccc2)c1. The van der Waals surface area contributed by atoms with E-state index in [2.05, 4.69) is 21.3 Å². The summed E-state index contributed by atoms with van der Waals surface area (Å²) in [5, 5.41) is 10.3. The fraction of sp³-hybridized carbons (Fsp3) is 0.167. The highest BCUT2D eigenvalue weighted by atomic mass is 16.2. The van der Waals surface area contributed by atoms with Crippen molar-refractivity contribution < 1.29 is 14.4 Å². The van der Waals surface area contributed by atoms with Crippen molar-refractivity contribution in [2.45, 2.75) is 6.54 Å². The summed E-state index contributed by atoms with van der Waals surface area (Å²) in [5.74, 6) is -0.626. The van der Waals surface area contributed by atoms with E-state index in [0.29, 0.717) is 17.8 Å². The number of rotatable bonds is 6. The van der Waals surface area contributed by atoms with E-state index in [1.54, 1.807) is 24.3 Å². The van der Waals surface area contributed by atoms with Crippen LogP contribution in [0.15, 0.2) is 54.6 Å². The second-order valence-electron chi connectivity index (χ2n) is 5.23. The number of hydrogen-bond acceptors (Lipinski definition) is 3. The van der Waals surface area contributed by atoms with Crippen LogP contribution in [0, 0.1) is 0 Å². The molecular formula is C18H20N4O3. The van der Waals surface area contributed by atoms with Crippen LogP contribution >= 0.6 is 0 Å². The normalized spacial score (nSPS) is 9.80. The number of nitrogens with one attached hydrogen (secondary N) is 4. The summed E-state index contributed by atoms with van der Waals surface area (Å²) in [7, 11) is 1.53. The van der Waals surface area contributed by atoms with Gasteiger partial charge in [0.1, 0.15) is 0 Å². The van der Waals surface area contributed by atoms with Gasteiger partial charge in [-0.15, -0.1) is 0 Å². The fourth-order valence-electron chi connectivity index (χ4n) is 2.09. The number of carbonyl (C=O) groups is 3. The minimum atomic E-state index is -0.432. The molecule has 0 spiro atoms. The molecular weight excluding hydrogens is 320 g/mol. The van der Waals surface area contributed by atoms with E-state index in [4.69, 9.17) is 0 Å². The maximum atomic E-state index is 11.9. The summed E-state index contributed by atoms with van der Waals surface area (Å²) >= 11 is 0. The van der Waals surface area contributed by atoms with Crippen molar-refractivity contribution in [3.8, 4) is 0 Å². The average Bonchev–Trinajstić information content (AvgIpc) is 2.65. The number of urea groups is 1. The van der Waals surface area contributed by atoms with Crippen LogP contribution in [0.25, 0.3) is 0 Å². The lowest BCUT2D eigenvalue weighted by molar-refractivity contribution is -0.115. The van der Waals surface area contributed by atoms with Crippen molar-refractivity contribution in [2.75, 3.05) is 18.9 Å². The molecule has 0 aliphatic rings. The molecule has 0 saturated heterocycles. The lowest BCUT2D eigenvalue weighted by Crippen LogP contribution is -2.39. The Kier molecular flexibility index (Phi) is 6.53. The molecule has 0 saturated carbocycles. The Bertz CT molecular complexity index is 747. The average molecular weight is 340 g/mol. The van der Waals surface area contributed by atoms with E-state index in [1.807, 2.05) is 30.3 Å². The van der Waals surface area contributed by atoms with Gasteiger partial charge < -0.3 is 21.3 Å². The van der Waals surface area contributed by atoms with E-state index in [-0.39, 0.29) is 18.4 Å². The zero-order chi connectivity index (χ0) is 18.1. The van der Waals surface area contributed by atoms with Crippen molar-refractivity contribution in [2.24, 2.45) is 0 Å². The molecule has 2 rings (SSSR count). The number of anilines is 1. The minimum Gasteiger partial charge on any atom is -0.355 e. The van der Waals surface area contributed by atoms with Gasteiger partial charge in [0, 0.05) is 24.8 Å². The summed E-state index contributed by atoms with van der Waals surface area (Å²) in [4.78, 5) is 35.2. The topological polar surface area (TPSA) is 99.3 Å². The first-order chi connectivity index (χ1) is 12.1. The van der Waals surface area contributed by atoms with Crippen molar-refractivity contribution in [1.82, 2.24) is 16.0 Å². The maximum absolute atomic E-state index is 11.9. The van der Waals surface area contributed by atoms with Crippen molar-refractivity contribution in [3.05, 3.63) is 65.7 Å². The summed E-state index contributed by atoms with van der Waals surface area (Å²) in [6.07, 6.45) is 0. The van der Waals surface area contributed by atoms with E-state index in [9.17, 15) is 14.4 Å². The molecule has 7 nitrogen and oxygen atoms in total. The Balaban J connectivity index is 1.76. The molecule has 0 unspecified atom stereocenters. The van der Waals surface area contributed by atoms with Gasteiger partial charge in [0.25, 0.3) is 5.91 Å². The van der Waals surface area contributed by atoms with Crippen LogP contribution in [-0.4, -0.2) is 31.4 Å². The third kappa shape index (κ3) is 5.98. The Morgan fingerprint density at radius 2 is 1.68 bits per heavy atom. The van der Waals surface area contributed by atoms with Crippen LogP contribution in [0.1, 0.15) is 15.9 Å². The molecule has 0 fully saturated rings. The second-order valence-corrected chi connectivity index (χ2v) is 5.23. The Morgan fingerprint density at radius 1 is 0.920 bits per heavy atom. The first-order valence-electron chi connectivity index (χ1n) is 7.76. The third-order valence-electron chi connectivity index (χ3n) is 3.34. The van der Waals surface area contributed by atoms with Gasteiger partial charge in [-0.05, 0) is 23.8 Å². The standard InChI is InChI=1S/C18H20N4O3/c1-19-17(24)14-8-5-9-15(10-14)22-16(23)12-21-18(25)20-11-13-6-3-2-4-7-13/h2-10H,11-12H2,1H3,(H,19,24)(H,22,23)(H2,20,21,25). The van der Waals surface area contributed by atoms with Gasteiger partial charge >= 0.3 is 6.03 Å². The molecule has 0 heterocycles. The van der Waals surface area contributed by atoms with Gasteiger partial charge in [-0.3, -0.25) is 9.59 Å². The van der Waals surface area contributed by atoms with E-state index < -0.39 is 6.03 Å². The first-order valence-corrected chi connectivity index (χ1v) is 7.76. The quantitative estimate of drug-likeness (QED) is 0.641. The van der Waals surface area contributed by atoms with Gasteiger partial charge in [-0.25, -0.2) is 4.79 Å². The zero-order valence-corrected chi connectivity index (χ0v) is 13.8. The van der Waals surface area contributed by atoms with Gasteiger partial charge in [0.05, 0.1) is 6.54 Å². The molecule has 0 aromatic heterocycles. The lowest BCUT2D eigenvalue weighted by atomic mass is 10.2. The molecule has 0 bridgehead atoms. The van der Waals surface area contributed by atoms with Crippen molar-refractivity contribution in [3.63, 3.8) is 0 Å². The molecule has 25 heavy (non-hydrogen) atoms. The smallest absolute Gasteiger partial charge is 0.315 e. The number of carbonyl (C=O) groups excluding carboxylic acids is 3. The van der Waals surface area contributed by atoms with E-state index in [0.717, 1.165) is 5.56 Å². The Labute approximate surface area is 145 Å². The number of hydrogen-bond donors (Lipinski definition) is 4. The highest BCUT2D eigenvalue weighted by Crippen LogP contribution is 2.10. The van der Waals surface area contributed by atoms with E-state index in [1.165, 1.54) is 7.05 Å². The highest BCUT2D eigenvalue weighted by molar-refractivity contribution is 5.98. The van der Waals surface area contributed by atoms with Crippen molar-refractivity contribution >= 4 is 23.5 Å². The highest BCUT2D eigenvalue weighted by Gasteiger charge is 2.08. The molecule has 0 aliphatic carbocycles. The first kappa shape index (κ1) is 18.0. The molecule has 0 atom stereocenters. The monoisotopic (exact) mass is 340 g/mol.